The van der Waals surface area contributed by atoms with Crippen LogP contribution in [0.2, 0.25) is 0 Å². The van der Waals surface area contributed by atoms with Gasteiger partial charge in [0.15, 0.2) is 5.54 Å². The molecule has 1 aromatic carbocycles. The summed E-state index contributed by atoms with van der Waals surface area (Å²) in [4.78, 5) is 23.4. The Kier molecular flexibility index (Phi) is 5.93. The molecule has 1 unspecified atom stereocenters. The topological polar surface area (TPSA) is 95.9 Å². The molecule has 1 rings (SSSR count). The highest BCUT2D eigenvalue weighted by Gasteiger charge is 2.43. The first-order valence-corrected chi connectivity index (χ1v) is 7.02. The highest BCUT2D eigenvalue weighted by atomic mass is 16.5. The fourth-order valence-corrected chi connectivity index (χ4v) is 2.20. The number of carboxylic acid groups (broad SMARTS) is 1. The zero-order chi connectivity index (χ0) is 16.8. The minimum absolute atomic E-state index is 0.0311. The second kappa shape index (κ2) is 7.26. The molecule has 0 aliphatic rings. The summed E-state index contributed by atoms with van der Waals surface area (Å²) in [6, 6.07) is 9.04. The van der Waals surface area contributed by atoms with Crippen molar-refractivity contribution >= 4 is 12.1 Å². The van der Waals surface area contributed by atoms with Crippen LogP contribution in [0.4, 0.5) is 4.79 Å². The Morgan fingerprint density at radius 2 is 1.77 bits per heavy atom. The summed E-state index contributed by atoms with van der Waals surface area (Å²) in [5, 5.41) is 21.2. The lowest BCUT2D eigenvalue weighted by Crippen LogP contribution is -2.59. The largest absolute Gasteiger partial charge is 0.479 e. The van der Waals surface area contributed by atoms with E-state index in [1.54, 1.807) is 12.1 Å². The maximum absolute atomic E-state index is 11.9. The minimum atomic E-state index is -1.76. The molecule has 0 fully saturated rings. The van der Waals surface area contributed by atoms with Crippen molar-refractivity contribution in [1.82, 2.24) is 5.32 Å². The zero-order valence-electron chi connectivity index (χ0n) is 13.1. The molecule has 0 saturated carbocycles. The molecular weight excluding hydrogens is 286 g/mol. The molecule has 0 aliphatic heterocycles. The summed E-state index contributed by atoms with van der Waals surface area (Å²) in [5.74, 6) is -1.29. The van der Waals surface area contributed by atoms with Crippen LogP contribution in [0.15, 0.2) is 30.3 Å². The lowest BCUT2D eigenvalue weighted by molar-refractivity contribution is -0.148. The Morgan fingerprint density at radius 1 is 1.18 bits per heavy atom. The van der Waals surface area contributed by atoms with Crippen LogP contribution in [0.3, 0.4) is 0 Å². The van der Waals surface area contributed by atoms with Gasteiger partial charge < -0.3 is 20.3 Å². The Bertz CT molecular complexity index is 509. The molecule has 0 aromatic heterocycles. The number of rotatable bonds is 6. The standard InChI is InChI=1S/C16H23NO5/c1-15(2,3)10-16(11-18,13(19)20)17-14(21)22-9-12-7-5-4-6-8-12/h4-8,18H,9-11H2,1-3H3,(H,17,21)(H,19,20). The van der Waals surface area contributed by atoms with Crippen LogP contribution in [-0.4, -0.2) is 34.4 Å². The quantitative estimate of drug-likeness (QED) is 0.748. The third kappa shape index (κ3) is 5.37. The number of carbonyl (C=O) groups is 2. The molecule has 22 heavy (non-hydrogen) atoms. The molecule has 6 nitrogen and oxygen atoms in total. The lowest BCUT2D eigenvalue weighted by Gasteiger charge is -2.34. The van der Waals surface area contributed by atoms with E-state index in [0.29, 0.717) is 0 Å². The monoisotopic (exact) mass is 309 g/mol. The van der Waals surface area contributed by atoms with E-state index in [4.69, 9.17) is 4.74 Å². The van der Waals surface area contributed by atoms with Crippen molar-refractivity contribution in [3.8, 4) is 0 Å². The summed E-state index contributed by atoms with van der Waals surface area (Å²) in [5.41, 5.74) is -1.36. The van der Waals surface area contributed by atoms with Gasteiger partial charge in [-0.1, -0.05) is 51.1 Å². The maximum atomic E-state index is 11.9. The normalized spacial score (nSPS) is 14.0. The molecule has 1 aromatic rings. The van der Waals surface area contributed by atoms with Gasteiger partial charge in [0, 0.05) is 0 Å². The third-order valence-electron chi connectivity index (χ3n) is 3.07. The van der Waals surface area contributed by atoms with Crippen molar-refractivity contribution in [2.45, 2.75) is 39.3 Å². The fourth-order valence-electron chi connectivity index (χ4n) is 2.20. The second-order valence-electron chi connectivity index (χ2n) is 6.47. The number of alkyl carbamates (subject to hydrolysis) is 1. The van der Waals surface area contributed by atoms with Crippen LogP contribution in [-0.2, 0) is 16.1 Å². The lowest BCUT2D eigenvalue weighted by atomic mass is 9.80. The van der Waals surface area contributed by atoms with E-state index in [1.165, 1.54) is 0 Å². The van der Waals surface area contributed by atoms with Crippen LogP contribution >= 0.6 is 0 Å². The van der Waals surface area contributed by atoms with Crippen molar-refractivity contribution in [3.63, 3.8) is 0 Å². The van der Waals surface area contributed by atoms with Gasteiger partial charge in [-0.15, -0.1) is 0 Å². The average molecular weight is 309 g/mol. The Hall–Kier alpha value is -2.08. The van der Waals surface area contributed by atoms with Crippen LogP contribution in [0, 0.1) is 5.41 Å². The molecule has 1 atom stereocenters. The summed E-state index contributed by atoms with van der Waals surface area (Å²) < 4.78 is 5.03. The number of amides is 1. The number of aliphatic hydroxyl groups is 1. The predicted octanol–water partition coefficient (Wildman–Crippen LogP) is 2.16. The van der Waals surface area contributed by atoms with Gasteiger partial charge in [0.05, 0.1) is 6.61 Å². The molecule has 0 heterocycles. The van der Waals surface area contributed by atoms with Gasteiger partial charge in [0.25, 0.3) is 0 Å². The number of aliphatic carboxylic acids is 1. The van der Waals surface area contributed by atoms with Gasteiger partial charge in [-0.2, -0.15) is 0 Å². The van der Waals surface area contributed by atoms with Crippen LogP contribution in [0.1, 0.15) is 32.8 Å². The van der Waals surface area contributed by atoms with E-state index in [-0.39, 0.29) is 13.0 Å². The molecule has 0 radical (unpaired) electrons. The molecule has 0 spiro atoms. The number of carbonyl (C=O) groups excluding carboxylic acids is 1. The van der Waals surface area contributed by atoms with E-state index in [0.717, 1.165) is 5.56 Å². The first-order valence-electron chi connectivity index (χ1n) is 7.02. The van der Waals surface area contributed by atoms with Crippen molar-refractivity contribution in [3.05, 3.63) is 35.9 Å². The van der Waals surface area contributed by atoms with Gasteiger partial charge in [0.1, 0.15) is 6.61 Å². The third-order valence-corrected chi connectivity index (χ3v) is 3.07. The second-order valence-corrected chi connectivity index (χ2v) is 6.47. The first-order chi connectivity index (χ1) is 10.2. The molecule has 0 saturated heterocycles. The molecule has 122 valence electrons. The van der Waals surface area contributed by atoms with Gasteiger partial charge in [-0.3, -0.25) is 0 Å². The smallest absolute Gasteiger partial charge is 0.408 e. The molecule has 6 heteroatoms. The van der Waals surface area contributed by atoms with E-state index >= 15 is 0 Å². The highest BCUT2D eigenvalue weighted by Crippen LogP contribution is 2.27. The average Bonchev–Trinajstić information content (AvgIpc) is 2.43. The SMILES string of the molecule is CC(C)(C)CC(CO)(NC(=O)OCc1ccccc1)C(=O)O. The van der Waals surface area contributed by atoms with Gasteiger partial charge >= 0.3 is 12.1 Å². The zero-order valence-corrected chi connectivity index (χ0v) is 13.1. The van der Waals surface area contributed by atoms with E-state index in [9.17, 15) is 19.8 Å². The van der Waals surface area contributed by atoms with E-state index in [1.807, 2.05) is 39.0 Å². The molecule has 0 bridgehead atoms. The summed E-state index contributed by atoms with van der Waals surface area (Å²) in [6.45, 7) is 4.81. The molecule has 3 N–H and O–H groups in total. The predicted molar refractivity (Wildman–Crippen MR) is 81.3 cm³/mol. The number of nitrogens with one attached hydrogen (secondary N) is 1. The van der Waals surface area contributed by atoms with Crippen LogP contribution in [0.25, 0.3) is 0 Å². The molecule has 1 amide bonds. The molecular formula is C16H23NO5. The molecule has 0 aliphatic carbocycles. The van der Waals surface area contributed by atoms with Crippen LogP contribution < -0.4 is 5.32 Å². The van der Waals surface area contributed by atoms with Crippen LogP contribution in [0.5, 0.6) is 0 Å². The number of benzene rings is 1. The van der Waals surface area contributed by atoms with Gasteiger partial charge in [-0.25, -0.2) is 9.59 Å². The van der Waals surface area contributed by atoms with Crippen molar-refractivity contribution < 1.29 is 24.5 Å². The van der Waals surface area contributed by atoms with E-state index < -0.39 is 29.6 Å². The Morgan fingerprint density at radius 3 is 2.23 bits per heavy atom. The summed E-state index contributed by atoms with van der Waals surface area (Å²) in [7, 11) is 0. The summed E-state index contributed by atoms with van der Waals surface area (Å²) >= 11 is 0. The number of ether oxygens (including phenoxy) is 1. The number of aliphatic hydroxyl groups excluding tert-OH is 1. The maximum Gasteiger partial charge on any atom is 0.408 e. The number of carboxylic acids is 1. The fraction of sp³-hybridized carbons (Fsp3) is 0.500. The summed E-state index contributed by atoms with van der Waals surface area (Å²) in [6.07, 6.45) is -0.795. The minimum Gasteiger partial charge on any atom is -0.479 e. The first kappa shape index (κ1) is 18.0. The number of hydrogen-bond acceptors (Lipinski definition) is 4. The van der Waals surface area contributed by atoms with Crippen molar-refractivity contribution in [2.24, 2.45) is 5.41 Å². The van der Waals surface area contributed by atoms with Gasteiger partial charge in [0.2, 0.25) is 0 Å². The van der Waals surface area contributed by atoms with Crippen molar-refractivity contribution in [1.29, 1.82) is 0 Å². The Balaban J connectivity index is 2.73. The highest BCUT2D eigenvalue weighted by molar-refractivity contribution is 5.84. The number of hydrogen-bond donors (Lipinski definition) is 3. The Labute approximate surface area is 130 Å². The van der Waals surface area contributed by atoms with E-state index in [2.05, 4.69) is 5.32 Å². The van der Waals surface area contributed by atoms with Gasteiger partial charge in [-0.05, 0) is 17.4 Å². The van der Waals surface area contributed by atoms with Crippen molar-refractivity contribution in [2.75, 3.05) is 6.61 Å².